The maximum absolute atomic E-state index is 14.1. The molecule has 4 rings (SSSR count). The van der Waals surface area contributed by atoms with Crippen LogP contribution in [0.15, 0.2) is 72.8 Å². The summed E-state index contributed by atoms with van der Waals surface area (Å²) < 4.78 is 35.3. The predicted molar refractivity (Wildman–Crippen MR) is 132 cm³/mol. The second-order valence-electron chi connectivity index (χ2n) is 8.02. The molecule has 0 fully saturated rings. The lowest BCUT2D eigenvalue weighted by molar-refractivity contribution is -0.116. The second-order valence-corrected chi connectivity index (χ2v) is 8.46. The minimum atomic E-state index is -1.10. The van der Waals surface area contributed by atoms with Crippen LogP contribution < -0.4 is 10.1 Å². The molecule has 0 bridgehead atoms. The number of benzene rings is 3. The van der Waals surface area contributed by atoms with E-state index in [4.69, 9.17) is 21.4 Å². The number of nitrogens with one attached hydrogen (secondary N) is 1. The first-order chi connectivity index (χ1) is 17.2. The fourth-order valence-corrected chi connectivity index (χ4v) is 3.90. The summed E-state index contributed by atoms with van der Waals surface area (Å²) in [5.41, 5.74) is 2.44. The van der Waals surface area contributed by atoms with Gasteiger partial charge >= 0.3 is 5.97 Å². The lowest BCUT2D eigenvalue weighted by atomic mass is 10.1. The van der Waals surface area contributed by atoms with Crippen molar-refractivity contribution in [3.05, 3.63) is 106 Å². The Morgan fingerprint density at radius 2 is 1.81 bits per heavy atom. The molecule has 0 atom stereocenters. The summed E-state index contributed by atoms with van der Waals surface area (Å²) in [4.78, 5) is 24.0. The van der Waals surface area contributed by atoms with Crippen LogP contribution in [0, 0.1) is 18.6 Å². The number of carbonyl (C=O) groups is 2. The molecule has 0 aliphatic carbocycles. The van der Waals surface area contributed by atoms with E-state index in [0.29, 0.717) is 27.7 Å². The van der Waals surface area contributed by atoms with Crippen molar-refractivity contribution in [3.63, 3.8) is 0 Å². The molecule has 0 spiro atoms. The number of halogens is 3. The Balaban J connectivity index is 1.59. The number of aromatic carboxylic acids is 1. The third kappa shape index (κ3) is 5.55. The zero-order valence-corrected chi connectivity index (χ0v) is 19.9. The molecule has 4 aromatic rings. The number of hydrogen-bond donors (Lipinski definition) is 2. The van der Waals surface area contributed by atoms with Crippen LogP contribution in [0.5, 0.6) is 5.75 Å². The molecule has 0 saturated carbocycles. The maximum Gasteiger partial charge on any atom is 0.335 e. The Hall–Kier alpha value is -4.17. The molecule has 3 aromatic carbocycles. The van der Waals surface area contributed by atoms with E-state index in [1.165, 1.54) is 24.3 Å². The van der Waals surface area contributed by atoms with Crippen molar-refractivity contribution in [1.82, 2.24) is 4.57 Å². The van der Waals surface area contributed by atoms with Crippen molar-refractivity contribution >= 4 is 29.2 Å². The highest BCUT2D eigenvalue weighted by Gasteiger charge is 2.17. The fraction of sp³-hybridized carbons (Fsp3) is 0.111. The third-order valence-electron chi connectivity index (χ3n) is 5.53. The van der Waals surface area contributed by atoms with Gasteiger partial charge in [-0.2, -0.15) is 0 Å². The molecule has 0 radical (unpaired) electrons. The summed E-state index contributed by atoms with van der Waals surface area (Å²) in [6, 6.07) is 18.3. The number of nitrogens with zero attached hydrogens (tertiary/aromatic N) is 1. The van der Waals surface area contributed by atoms with Gasteiger partial charge in [0.15, 0.2) is 11.6 Å². The van der Waals surface area contributed by atoms with Crippen molar-refractivity contribution in [1.29, 1.82) is 0 Å². The summed E-state index contributed by atoms with van der Waals surface area (Å²) in [5.74, 6) is -3.03. The summed E-state index contributed by atoms with van der Waals surface area (Å²) >= 11 is 6.24. The number of carbonyl (C=O) groups excluding carboxylic acids is 1. The minimum Gasteiger partial charge on any atom is -0.488 e. The summed E-state index contributed by atoms with van der Waals surface area (Å²) in [6.07, 6.45) is 0. The van der Waals surface area contributed by atoms with Crippen molar-refractivity contribution in [2.45, 2.75) is 20.1 Å². The summed E-state index contributed by atoms with van der Waals surface area (Å²) in [5, 5.41) is 12.3. The van der Waals surface area contributed by atoms with Gasteiger partial charge in [0.2, 0.25) is 5.91 Å². The van der Waals surface area contributed by atoms with Crippen LogP contribution in [0.2, 0.25) is 5.02 Å². The van der Waals surface area contributed by atoms with E-state index in [2.05, 4.69) is 5.32 Å². The molecule has 0 aliphatic rings. The summed E-state index contributed by atoms with van der Waals surface area (Å²) in [6.45, 7) is 1.54. The largest absolute Gasteiger partial charge is 0.488 e. The number of rotatable bonds is 8. The van der Waals surface area contributed by atoms with Crippen molar-refractivity contribution in [3.8, 4) is 17.0 Å². The van der Waals surface area contributed by atoms with Gasteiger partial charge in [-0.1, -0.05) is 29.8 Å². The lowest BCUT2D eigenvalue weighted by Crippen LogP contribution is -2.20. The molecule has 184 valence electrons. The Morgan fingerprint density at radius 3 is 2.58 bits per heavy atom. The number of anilines is 1. The Bertz CT molecular complexity index is 1450. The average molecular weight is 511 g/mol. The monoisotopic (exact) mass is 510 g/mol. The Kier molecular flexibility index (Phi) is 7.36. The van der Waals surface area contributed by atoms with E-state index >= 15 is 0 Å². The van der Waals surface area contributed by atoms with E-state index in [1.54, 1.807) is 41.0 Å². The Morgan fingerprint density at radius 1 is 1.03 bits per heavy atom. The van der Waals surface area contributed by atoms with Gasteiger partial charge in [-0.05, 0) is 61.5 Å². The van der Waals surface area contributed by atoms with E-state index in [1.807, 2.05) is 13.0 Å². The lowest BCUT2D eigenvalue weighted by Gasteiger charge is -2.16. The number of amides is 1. The number of carboxylic acid groups (broad SMARTS) is 1. The SMILES string of the molecule is Cc1ccc(-c2cc(Cl)ccc2OCc2cccc(F)c2F)n1CC(=O)Nc1cccc(C(=O)O)c1. The van der Waals surface area contributed by atoms with Crippen LogP contribution in [-0.4, -0.2) is 21.6 Å². The average Bonchev–Trinajstić information content (AvgIpc) is 3.20. The van der Waals surface area contributed by atoms with Gasteiger partial charge in [0.1, 0.15) is 18.9 Å². The van der Waals surface area contributed by atoms with Gasteiger partial charge < -0.3 is 19.7 Å². The normalized spacial score (nSPS) is 10.8. The molecule has 2 N–H and O–H groups in total. The van der Waals surface area contributed by atoms with E-state index in [-0.39, 0.29) is 30.2 Å². The second kappa shape index (κ2) is 10.6. The number of aromatic nitrogens is 1. The standard InChI is InChI=1S/C27H21ClF2N2O4/c1-16-8-10-23(32(16)14-25(33)31-20-6-2-4-17(12-20)27(34)35)21-13-19(28)9-11-24(21)36-15-18-5-3-7-22(29)26(18)30/h2-13H,14-15H2,1H3,(H,31,33)(H,34,35). The van der Waals surface area contributed by atoms with Crippen molar-refractivity contribution in [2.24, 2.45) is 0 Å². The zero-order chi connectivity index (χ0) is 25.8. The molecular formula is C27H21ClF2N2O4. The molecule has 0 aliphatic heterocycles. The van der Waals surface area contributed by atoms with Crippen LogP contribution in [-0.2, 0) is 17.9 Å². The highest BCUT2D eigenvalue weighted by Crippen LogP contribution is 2.34. The van der Waals surface area contributed by atoms with Crippen LogP contribution in [0.1, 0.15) is 21.6 Å². The molecule has 0 saturated heterocycles. The van der Waals surface area contributed by atoms with E-state index in [0.717, 1.165) is 11.8 Å². The van der Waals surface area contributed by atoms with Crippen LogP contribution in [0.25, 0.3) is 11.3 Å². The first-order valence-electron chi connectivity index (χ1n) is 10.9. The topological polar surface area (TPSA) is 80.6 Å². The number of aryl methyl sites for hydroxylation is 1. The minimum absolute atomic E-state index is 0.0566. The first-order valence-corrected chi connectivity index (χ1v) is 11.3. The molecule has 1 heterocycles. The third-order valence-corrected chi connectivity index (χ3v) is 5.76. The van der Waals surface area contributed by atoms with Gasteiger partial charge in [-0.15, -0.1) is 0 Å². The number of ether oxygens (including phenoxy) is 1. The van der Waals surface area contributed by atoms with Crippen molar-refractivity contribution in [2.75, 3.05) is 5.32 Å². The van der Waals surface area contributed by atoms with E-state index in [9.17, 15) is 18.4 Å². The highest BCUT2D eigenvalue weighted by molar-refractivity contribution is 6.31. The quantitative estimate of drug-likeness (QED) is 0.291. The van der Waals surface area contributed by atoms with Crippen LogP contribution in [0.4, 0.5) is 14.5 Å². The van der Waals surface area contributed by atoms with Crippen LogP contribution in [0.3, 0.4) is 0 Å². The fourth-order valence-electron chi connectivity index (χ4n) is 3.73. The van der Waals surface area contributed by atoms with Gasteiger partial charge in [-0.3, -0.25) is 4.79 Å². The predicted octanol–water partition coefficient (Wildman–Crippen LogP) is 6.31. The van der Waals surface area contributed by atoms with E-state index < -0.39 is 17.6 Å². The van der Waals surface area contributed by atoms with Gasteiger partial charge in [0, 0.05) is 27.5 Å². The molecule has 1 amide bonds. The van der Waals surface area contributed by atoms with Crippen LogP contribution >= 0.6 is 11.6 Å². The molecule has 1 aromatic heterocycles. The molecule has 36 heavy (non-hydrogen) atoms. The smallest absolute Gasteiger partial charge is 0.335 e. The maximum atomic E-state index is 14.1. The van der Waals surface area contributed by atoms with Gasteiger partial charge in [-0.25, -0.2) is 13.6 Å². The molecular weight excluding hydrogens is 490 g/mol. The molecule has 6 nitrogen and oxygen atoms in total. The number of hydrogen-bond acceptors (Lipinski definition) is 3. The zero-order valence-electron chi connectivity index (χ0n) is 19.1. The van der Waals surface area contributed by atoms with Crippen molar-refractivity contribution < 1.29 is 28.2 Å². The van der Waals surface area contributed by atoms with Gasteiger partial charge in [0.25, 0.3) is 0 Å². The molecule has 9 heteroatoms. The van der Waals surface area contributed by atoms with Gasteiger partial charge in [0.05, 0.1) is 11.3 Å². The molecule has 0 unspecified atom stereocenters. The number of carboxylic acids is 1. The Labute approximate surface area is 210 Å². The first kappa shape index (κ1) is 24.9. The highest BCUT2D eigenvalue weighted by atomic mass is 35.5. The summed E-state index contributed by atoms with van der Waals surface area (Å²) in [7, 11) is 0.